The second kappa shape index (κ2) is 9.18. The molecule has 2 aromatic carbocycles. The molecule has 28 heavy (non-hydrogen) atoms. The Bertz CT molecular complexity index is 962. The highest BCUT2D eigenvalue weighted by atomic mass is 32.2. The maximum atomic E-state index is 13.1. The van der Waals surface area contributed by atoms with Crippen LogP contribution < -0.4 is 19.2 Å². The zero-order valence-electron chi connectivity index (χ0n) is 15.5. The summed E-state index contributed by atoms with van der Waals surface area (Å²) in [4.78, 5) is 12.1. The Morgan fingerprint density at radius 2 is 1.79 bits per heavy atom. The van der Waals surface area contributed by atoms with Crippen LogP contribution in [0.15, 0.2) is 47.6 Å². The molecule has 0 unspecified atom stereocenters. The third kappa shape index (κ3) is 5.68. The van der Waals surface area contributed by atoms with E-state index in [1.807, 2.05) is 0 Å². The van der Waals surface area contributed by atoms with E-state index < -0.39 is 28.3 Å². The summed E-state index contributed by atoms with van der Waals surface area (Å²) < 4.78 is 48.2. The number of hydrogen-bond donors (Lipinski definition) is 1. The maximum absolute atomic E-state index is 13.1. The van der Waals surface area contributed by atoms with Gasteiger partial charge in [0.1, 0.15) is 12.4 Å². The average Bonchev–Trinajstić information content (AvgIpc) is 2.66. The van der Waals surface area contributed by atoms with E-state index in [1.54, 1.807) is 18.2 Å². The normalized spacial score (nSPS) is 11.3. The number of anilines is 1. The second-order valence-electron chi connectivity index (χ2n) is 5.65. The Balaban J connectivity index is 2.07. The predicted molar refractivity (Wildman–Crippen MR) is 104 cm³/mol. The van der Waals surface area contributed by atoms with Crippen molar-refractivity contribution in [2.45, 2.75) is 0 Å². The number of hydrogen-bond acceptors (Lipinski definition) is 6. The Morgan fingerprint density at radius 3 is 2.36 bits per heavy atom. The number of halogens is 1. The first-order valence-electron chi connectivity index (χ1n) is 8.02. The highest BCUT2D eigenvalue weighted by Gasteiger charge is 2.20. The molecule has 0 aliphatic heterocycles. The van der Waals surface area contributed by atoms with Crippen LogP contribution in [-0.4, -0.2) is 47.6 Å². The van der Waals surface area contributed by atoms with Gasteiger partial charge in [0.25, 0.3) is 5.91 Å². The molecule has 0 spiro atoms. The van der Waals surface area contributed by atoms with Gasteiger partial charge < -0.3 is 9.47 Å². The largest absolute Gasteiger partial charge is 0.493 e. The molecule has 1 amide bonds. The minimum absolute atomic E-state index is 0.169. The zero-order valence-corrected chi connectivity index (χ0v) is 16.4. The summed E-state index contributed by atoms with van der Waals surface area (Å²) in [6.45, 7) is -0.506. The highest BCUT2D eigenvalue weighted by Crippen LogP contribution is 2.26. The van der Waals surface area contributed by atoms with Crippen LogP contribution in [0.1, 0.15) is 5.56 Å². The number of benzene rings is 2. The van der Waals surface area contributed by atoms with Crippen LogP contribution in [0.2, 0.25) is 0 Å². The van der Waals surface area contributed by atoms with Crippen LogP contribution in [0.25, 0.3) is 0 Å². The van der Waals surface area contributed by atoms with Gasteiger partial charge in [0.05, 0.1) is 32.4 Å². The number of hydrazone groups is 1. The standard InChI is InChI=1S/C18H20FN3O5S/c1-26-16-9-4-13(10-17(16)27-2)11-20-21-18(23)12-22(28(3,24)25)15-7-5-14(19)6-8-15/h4-11H,12H2,1-3H3,(H,21,23)/b20-11-. The first-order valence-corrected chi connectivity index (χ1v) is 9.86. The third-order valence-corrected chi connectivity index (χ3v) is 4.75. The van der Waals surface area contributed by atoms with Crippen LogP contribution in [-0.2, 0) is 14.8 Å². The second-order valence-corrected chi connectivity index (χ2v) is 7.56. The van der Waals surface area contributed by atoms with Gasteiger partial charge in [-0.25, -0.2) is 18.2 Å². The van der Waals surface area contributed by atoms with Crippen LogP contribution in [0.4, 0.5) is 10.1 Å². The fourth-order valence-electron chi connectivity index (χ4n) is 2.29. The van der Waals surface area contributed by atoms with Gasteiger partial charge in [-0.1, -0.05) is 0 Å². The lowest BCUT2D eigenvalue weighted by molar-refractivity contribution is -0.119. The number of carbonyl (C=O) groups is 1. The van der Waals surface area contributed by atoms with Crippen LogP contribution >= 0.6 is 0 Å². The fraction of sp³-hybridized carbons (Fsp3) is 0.222. The van der Waals surface area contributed by atoms with Crippen molar-refractivity contribution in [3.63, 3.8) is 0 Å². The fourth-order valence-corrected chi connectivity index (χ4v) is 3.14. The topological polar surface area (TPSA) is 97.3 Å². The van der Waals surface area contributed by atoms with E-state index >= 15 is 0 Å². The molecule has 10 heteroatoms. The van der Waals surface area contributed by atoms with Gasteiger partial charge in [-0.05, 0) is 48.0 Å². The van der Waals surface area contributed by atoms with Crippen LogP contribution in [0.3, 0.4) is 0 Å². The molecular weight excluding hydrogens is 389 g/mol. The molecule has 0 aromatic heterocycles. The van der Waals surface area contributed by atoms with Gasteiger partial charge >= 0.3 is 0 Å². The number of carbonyl (C=O) groups excluding carboxylic acids is 1. The summed E-state index contributed by atoms with van der Waals surface area (Å²) in [5.74, 6) is -0.128. The molecule has 8 nitrogen and oxygen atoms in total. The smallest absolute Gasteiger partial charge is 0.260 e. The number of ether oxygens (including phenoxy) is 2. The summed E-state index contributed by atoms with van der Waals surface area (Å²) in [5, 5.41) is 3.81. The van der Waals surface area contributed by atoms with Crippen molar-refractivity contribution < 1.29 is 27.1 Å². The van der Waals surface area contributed by atoms with Gasteiger partial charge in [0.15, 0.2) is 11.5 Å². The molecule has 0 saturated carbocycles. The van der Waals surface area contributed by atoms with Gasteiger partial charge in [-0.15, -0.1) is 0 Å². The molecule has 2 aromatic rings. The highest BCUT2D eigenvalue weighted by molar-refractivity contribution is 7.92. The maximum Gasteiger partial charge on any atom is 0.260 e. The lowest BCUT2D eigenvalue weighted by Gasteiger charge is -2.21. The molecule has 0 aliphatic carbocycles. The Kier molecular flexibility index (Phi) is 6.94. The average molecular weight is 409 g/mol. The van der Waals surface area contributed by atoms with Gasteiger partial charge in [-0.2, -0.15) is 5.10 Å². The molecule has 1 N–H and O–H groups in total. The van der Waals surface area contributed by atoms with Crippen molar-refractivity contribution in [2.75, 3.05) is 31.3 Å². The van der Waals surface area contributed by atoms with Crippen LogP contribution in [0.5, 0.6) is 11.5 Å². The number of methoxy groups -OCH3 is 2. The van der Waals surface area contributed by atoms with Crippen molar-refractivity contribution in [1.29, 1.82) is 0 Å². The molecular formula is C18H20FN3O5S. The molecule has 0 heterocycles. The molecule has 0 atom stereocenters. The quantitative estimate of drug-likeness (QED) is 0.529. The first kappa shape index (κ1) is 21.2. The Hall–Kier alpha value is -3.14. The molecule has 0 saturated heterocycles. The minimum atomic E-state index is -3.75. The van der Waals surface area contributed by atoms with Crippen molar-refractivity contribution in [3.8, 4) is 11.5 Å². The van der Waals surface area contributed by atoms with Gasteiger partial charge in [-0.3, -0.25) is 9.10 Å². The predicted octanol–water partition coefficient (Wildman–Crippen LogP) is 1.76. The third-order valence-electron chi connectivity index (χ3n) is 3.61. The Morgan fingerprint density at radius 1 is 1.14 bits per heavy atom. The molecule has 0 fully saturated rings. The van der Waals surface area contributed by atoms with Gasteiger partial charge in [0, 0.05) is 0 Å². The van der Waals surface area contributed by atoms with E-state index in [0.29, 0.717) is 17.1 Å². The van der Waals surface area contributed by atoms with E-state index in [0.717, 1.165) is 22.7 Å². The number of rotatable bonds is 8. The van der Waals surface area contributed by atoms with Crippen molar-refractivity contribution in [2.24, 2.45) is 5.10 Å². The minimum Gasteiger partial charge on any atom is -0.493 e. The lowest BCUT2D eigenvalue weighted by Crippen LogP contribution is -2.39. The lowest BCUT2D eigenvalue weighted by atomic mass is 10.2. The molecule has 2 rings (SSSR count). The number of sulfonamides is 1. The first-order chi connectivity index (χ1) is 13.2. The monoisotopic (exact) mass is 409 g/mol. The van der Waals surface area contributed by atoms with E-state index in [-0.39, 0.29) is 5.69 Å². The molecule has 150 valence electrons. The van der Waals surface area contributed by atoms with Crippen molar-refractivity contribution in [1.82, 2.24) is 5.43 Å². The van der Waals surface area contributed by atoms with E-state index in [9.17, 15) is 17.6 Å². The van der Waals surface area contributed by atoms with E-state index in [2.05, 4.69) is 10.5 Å². The molecule has 0 bridgehead atoms. The summed E-state index contributed by atoms with van der Waals surface area (Å²) in [6.07, 6.45) is 2.33. The van der Waals surface area contributed by atoms with Crippen molar-refractivity contribution in [3.05, 3.63) is 53.8 Å². The Labute approximate surface area is 162 Å². The van der Waals surface area contributed by atoms with Gasteiger partial charge in [0.2, 0.25) is 10.0 Å². The van der Waals surface area contributed by atoms with Crippen LogP contribution in [0, 0.1) is 5.82 Å². The summed E-state index contributed by atoms with van der Waals surface area (Å²) >= 11 is 0. The summed E-state index contributed by atoms with van der Waals surface area (Å²) in [5.41, 5.74) is 3.06. The zero-order chi connectivity index (χ0) is 20.7. The summed E-state index contributed by atoms with van der Waals surface area (Å²) in [6, 6.07) is 9.82. The SMILES string of the molecule is COc1ccc(/C=N\NC(=O)CN(c2ccc(F)cc2)S(C)(=O)=O)cc1OC. The van der Waals surface area contributed by atoms with E-state index in [1.165, 1.54) is 32.6 Å². The summed E-state index contributed by atoms with van der Waals surface area (Å²) in [7, 11) is -0.742. The number of amides is 1. The van der Waals surface area contributed by atoms with E-state index in [4.69, 9.17) is 9.47 Å². The molecule has 0 radical (unpaired) electrons. The number of nitrogens with one attached hydrogen (secondary N) is 1. The molecule has 0 aliphatic rings. The van der Waals surface area contributed by atoms with Crippen molar-refractivity contribution >= 4 is 27.8 Å². The number of nitrogens with zero attached hydrogens (tertiary/aromatic N) is 2.